The summed E-state index contributed by atoms with van der Waals surface area (Å²) >= 11 is 5.60. The molecule has 0 bridgehead atoms. The minimum Gasteiger partial charge on any atom is -0.448 e. The van der Waals surface area contributed by atoms with Crippen LogP contribution in [-0.4, -0.2) is 44.8 Å². The highest BCUT2D eigenvalue weighted by Crippen LogP contribution is 2.36. The number of imidazole rings is 1. The SMILES string of the molecule is NCCOC(=O)Nc1ncnc2c1ncn2-c1ccc(NC(=O)Nc2ccc(Cl)c(C(F)(F)F)c2)cc1. The van der Waals surface area contributed by atoms with E-state index >= 15 is 0 Å². The molecule has 37 heavy (non-hydrogen) atoms. The number of ether oxygens (including phenoxy) is 1. The number of fused-ring (bicyclic) bond motifs is 1. The van der Waals surface area contributed by atoms with Gasteiger partial charge in [-0.3, -0.25) is 9.88 Å². The minimum atomic E-state index is -4.66. The maximum atomic E-state index is 13.0. The molecule has 0 atom stereocenters. The van der Waals surface area contributed by atoms with E-state index < -0.39 is 28.9 Å². The number of hydrogen-bond donors (Lipinski definition) is 4. The number of urea groups is 1. The summed E-state index contributed by atoms with van der Waals surface area (Å²) in [6.45, 7) is 0.217. The van der Waals surface area contributed by atoms with Crippen molar-refractivity contribution in [3.8, 4) is 5.69 Å². The molecule has 0 aliphatic carbocycles. The first-order chi connectivity index (χ1) is 17.7. The van der Waals surface area contributed by atoms with E-state index in [4.69, 9.17) is 22.1 Å². The molecule has 2 aromatic heterocycles. The van der Waals surface area contributed by atoms with E-state index in [0.717, 1.165) is 12.1 Å². The zero-order valence-electron chi connectivity index (χ0n) is 18.7. The fraction of sp³-hybridized carbons (Fsp3) is 0.136. The van der Waals surface area contributed by atoms with E-state index in [1.807, 2.05) is 0 Å². The summed E-state index contributed by atoms with van der Waals surface area (Å²) in [7, 11) is 0. The van der Waals surface area contributed by atoms with Crippen LogP contribution in [-0.2, 0) is 10.9 Å². The van der Waals surface area contributed by atoms with Crippen molar-refractivity contribution < 1.29 is 27.5 Å². The largest absolute Gasteiger partial charge is 0.448 e. The summed E-state index contributed by atoms with van der Waals surface area (Å²) in [5.74, 6) is 0.150. The number of alkyl halides is 3. The summed E-state index contributed by atoms with van der Waals surface area (Å²) in [6.07, 6.45) is -2.67. The van der Waals surface area contributed by atoms with Gasteiger partial charge < -0.3 is 21.1 Å². The van der Waals surface area contributed by atoms with E-state index in [0.29, 0.717) is 22.5 Å². The average Bonchev–Trinajstić information content (AvgIpc) is 3.29. The molecule has 0 unspecified atom stereocenters. The number of anilines is 3. The second-order valence-corrected chi connectivity index (χ2v) is 7.78. The molecule has 15 heteroatoms. The Balaban J connectivity index is 1.46. The maximum Gasteiger partial charge on any atom is 0.417 e. The second-order valence-electron chi connectivity index (χ2n) is 7.38. The zero-order chi connectivity index (χ0) is 26.6. The molecule has 0 aliphatic heterocycles. The number of halogens is 4. The molecule has 2 heterocycles. The van der Waals surface area contributed by atoms with Gasteiger partial charge >= 0.3 is 18.3 Å². The van der Waals surface area contributed by atoms with Crippen LogP contribution in [0.3, 0.4) is 0 Å². The topological polar surface area (TPSA) is 149 Å². The molecule has 0 aliphatic rings. The minimum absolute atomic E-state index is 0.0429. The number of carbonyl (C=O) groups excluding carboxylic acids is 2. The maximum absolute atomic E-state index is 13.0. The van der Waals surface area contributed by atoms with E-state index in [1.165, 1.54) is 18.7 Å². The van der Waals surface area contributed by atoms with Crippen LogP contribution in [0, 0.1) is 0 Å². The standard InChI is InChI=1S/C22H18ClF3N8O3/c23-16-6-3-13(9-15(16)22(24,25)26)32-20(35)31-12-1-4-14(5-2-12)34-11-30-17-18(28-10-29-19(17)34)33-21(36)37-8-7-27/h1-6,9-11H,7-8,27H2,(H2,31,32,35)(H,28,29,33,36). The van der Waals surface area contributed by atoms with Crippen LogP contribution in [0.2, 0.25) is 5.02 Å². The first kappa shape index (κ1) is 25.7. The monoisotopic (exact) mass is 534 g/mol. The third kappa shape index (κ3) is 6.05. The van der Waals surface area contributed by atoms with Gasteiger partial charge in [0.2, 0.25) is 0 Å². The molecule has 0 fully saturated rings. The molecule has 11 nitrogen and oxygen atoms in total. The van der Waals surface area contributed by atoms with Crippen molar-refractivity contribution in [3.63, 3.8) is 0 Å². The van der Waals surface area contributed by atoms with Gasteiger partial charge in [0, 0.05) is 23.6 Å². The molecule has 0 spiro atoms. The zero-order valence-corrected chi connectivity index (χ0v) is 19.5. The lowest BCUT2D eigenvalue weighted by Gasteiger charge is -2.12. The van der Waals surface area contributed by atoms with Gasteiger partial charge in [-0.15, -0.1) is 0 Å². The van der Waals surface area contributed by atoms with E-state index in [-0.39, 0.29) is 24.7 Å². The molecule has 0 saturated heterocycles. The van der Waals surface area contributed by atoms with Gasteiger partial charge in [-0.1, -0.05) is 11.6 Å². The van der Waals surface area contributed by atoms with E-state index in [9.17, 15) is 22.8 Å². The van der Waals surface area contributed by atoms with Crippen molar-refractivity contribution in [2.45, 2.75) is 6.18 Å². The number of nitrogens with zero attached hydrogens (tertiary/aromatic N) is 4. The van der Waals surface area contributed by atoms with Crippen LogP contribution < -0.4 is 21.7 Å². The number of benzene rings is 2. The lowest BCUT2D eigenvalue weighted by atomic mass is 10.2. The van der Waals surface area contributed by atoms with Gasteiger partial charge in [0.15, 0.2) is 17.0 Å². The number of amides is 3. The van der Waals surface area contributed by atoms with E-state index in [2.05, 4.69) is 30.9 Å². The van der Waals surface area contributed by atoms with E-state index in [1.54, 1.807) is 28.8 Å². The highest BCUT2D eigenvalue weighted by molar-refractivity contribution is 6.31. The normalized spacial score (nSPS) is 11.3. The van der Waals surface area contributed by atoms with Crippen LogP contribution in [0.1, 0.15) is 5.56 Å². The number of hydrogen-bond acceptors (Lipinski definition) is 7. The van der Waals surface area contributed by atoms with Crippen LogP contribution >= 0.6 is 11.6 Å². The molecule has 4 rings (SSSR count). The smallest absolute Gasteiger partial charge is 0.417 e. The Morgan fingerprint density at radius 1 is 1.00 bits per heavy atom. The molecule has 192 valence electrons. The lowest BCUT2D eigenvalue weighted by molar-refractivity contribution is -0.137. The molecule has 2 aromatic carbocycles. The molecule has 0 saturated carbocycles. The number of carbonyl (C=O) groups is 2. The second kappa shape index (κ2) is 10.7. The van der Waals surface area contributed by atoms with Crippen LogP contribution in [0.15, 0.2) is 55.1 Å². The molecule has 3 amide bonds. The molecule has 5 N–H and O–H groups in total. The van der Waals surface area contributed by atoms with Crippen LogP contribution in [0.25, 0.3) is 16.9 Å². The fourth-order valence-corrected chi connectivity index (χ4v) is 3.44. The summed E-state index contributed by atoms with van der Waals surface area (Å²) in [6, 6.07) is 8.78. The number of nitrogens with one attached hydrogen (secondary N) is 3. The first-order valence-corrected chi connectivity index (χ1v) is 10.9. The third-order valence-corrected chi connectivity index (χ3v) is 5.17. The Kier molecular flexibility index (Phi) is 7.40. The van der Waals surface area contributed by atoms with Crippen LogP contribution in [0.4, 0.5) is 40.0 Å². The van der Waals surface area contributed by atoms with Gasteiger partial charge in [-0.25, -0.2) is 24.5 Å². The lowest BCUT2D eigenvalue weighted by Crippen LogP contribution is -2.20. The first-order valence-electron chi connectivity index (χ1n) is 10.5. The van der Waals surface area contributed by atoms with Gasteiger partial charge in [-0.2, -0.15) is 13.2 Å². The summed E-state index contributed by atoms with van der Waals surface area (Å²) in [5.41, 5.74) is 5.88. The summed E-state index contributed by atoms with van der Waals surface area (Å²) < 4.78 is 45.6. The molecule has 0 radical (unpaired) electrons. The predicted molar refractivity (Wildman–Crippen MR) is 130 cm³/mol. The number of aromatic nitrogens is 4. The molecular weight excluding hydrogens is 517 g/mol. The van der Waals surface area contributed by atoms with Gasteiger partial charge in [0.1, 0.15) is 19.3 Å². The van der Waals surface area contributed by atoms with Crippen molar-refractivity contribution in [2.75, 3.05) is 29.1 Å². The highest BCUT2D eigenvalue weighted by atomic mass is 35.5. The Morgan fingerprint density at radius 2 is 1.70 bits per heavy atom. The predicted octanol–water partition coefficient (Wildman–Crippen LogP) is 4.64. The van der Waals surface area contributed by atoms with Crippen molar-refractivity contribution in [2.24, 2.45) is 5.73 Å². The van der Waals surface area contributed by atoms with Gasteiger partial charge in [-0.05, 0) is 42.5 Å². The van der Waals surface area contributed by atoms with Crippen LogP contribution in [0.5, 0.6) is 0 Å². The molecule has 4 aromatic rings. The number of nitrogens with two attached hydrogens (primary N) is 1. The Labute approximate surface area is 211 Å². The third-order valence-electron chi connectivity index (χ3n) is 4.84. The van der Waals surface area contributed by atoms with Crippen molar-refractivity contribution in [1.82, 2.24) is 19.5 Å². The van der Waals surface area contributed by atoms with Crippen molar-refractivity contribution in [1.29, 1.82) is 0 Å². The number of rotatable bonds is 6. The Bertz CT molecular complexity index is 1440. The van der Waals surface area contributed by atoms with Gasteiger partial charge in [0.25, 0.3) is 0 Å². The fourth-order valence-electron chi connectivity index (χ4n) is 3.22. The van der Waals surface area contributed by atoms with Crippen molar-refractivity contribution in [3.05, 3.63) is 65.7 Å². The summed E-state index contributed by atoms with van der Waals surface area (Å²) in [4.78, 5) is 36.6. The average molecular weight is 535 g/mol. The Hall–Kier alpha value is -4.43. The molecular formula is C22H18ClF3N8O3. The van der Waals surface area contributed by atoms with Gasteiger partial charge in [0.05, 0.1) is 10.6 Å². The quantitative estimate of drug-likeness (QED) is 0.281. The Morgan fingerprint density at radius 3 is 2.41 bits per heavy atom. The van der Waals surface area contributed by atoms with Crippen molar-refractivity contribution >= 4 is 52.1 Å². The highest BCUT2D eigenvalue weighted by Gasteiger charge is 2.33. The summed E-state index contributed by atoms with van der Waals surface area (Å²) in [5, 5.41) is 6.88.